The van der Waals surface area contributed by atoms with Crippen LogP contribution in [0, 0.1) is 0 Å². The van der Waals surface area contributed by atoms with E-state index in [2.05, 4.69) is 15.4 Å². The van der Waals surface area contributed by atoms with Gasteiger partial charge in [-0.15, -0.1) is 0 Å². The molecule has 1 aliphatic carbocycles. The van der Waals surface area contributed by atoms with Crippen molar-refractivity contribution < 1.29 is 14.3 Å². The minimum atomic E-state index is -0.399. The highest BCUT2D eigenvalue weighted by Gasteiger charge is 2.22. The molecule has 1 amide bonds. The van der Waals surface area contributed by atoms with Crippen LogP contribution < -0.4 is 11.2 Å². The molecule has 0 radical (unpaired) electrons. The minimum Gasteiger partial charge on any atom is -0.445 e. The number of aldehydes is 1. The molecule has 0 spiro atoms. The molecule has 1 aromatic carbocycles. The summed E-state index contributed by atoms with van der Waals surface area (Å²) in [6.07, 6.45) is 4.87. The van der Waals surface area contributed by atoms with Crippen LogP contribution >= 0.6 is 0 Å². The molecule has 24 heavy (non-hydrogen) atoms. The van der Waals surface area contributed by atoms with Gasteiger partial charge < -0.3 is 15.9 Å². The highest BCUT2D eigenvalue weighted by Crippen LogP contribution is 2.21. The maximum atomic E-state index is 11.8. The minimum absolute atomic E-state index is 0.0911. The average molecular weight is 330 g/mol. The first-order chi connectivity index (χ1) is 11.7. The Morgan fingerprint density at radius 1 is 1.25 bits per heavy atom. The van der Waals surface area contributed by atoms with Crippen molar-refractivity contribution in [2.24, 2.45) is 15.9 Å². The zero-order valence-electron chi connectivity index (χ0n) is 13.4. The molecule has 1 aromatic rings. The molecular weight excluding hydrogens is 308 g/mol. The molecule has 7 nitrogen and oxygen atoms in total. The molecule has 3 N–H and O–H groups in total. The van der Waals surface area contributed by atoms with Crippen molar-refractivity contribution in [3.8, 4) is 0 Å². The topological polar surface area (TPSA) is 106 Å². The van der Waals surface area contributed by atoms with Crippen LogP contribution in [0.1, 0.15) is 31.2 Å². The number of aliphatic imine (C=N–C) groups is 1. The van der Waals surface area contributed by atoms with E-state index in [0.717, 1.165) is 31.2 Å². The van der Waals surface area contributed by atoms with Gasteiger partial charge in [-0.25, -0.2) is 4.79 Å². The summed E-state index contributed by atoms with van der Waals surface area (Å²) < 4.78 is 5.22. The fraction of sp³-hybridized carbons (Fsp3) is 0.412. The molecule has 2 rings (SSSR count). The average Bonchev–Trinajstić information content (AvgIpc) is 2.63. The lowest BCUT2D eigenvalue weighted by atomic mass is 9.91. The van der Waals surface area contributed by atoms with Gasteiger partial charge in [0.25, 0.3) is 0 Å². The van der Waals surface area contributed by atoms with Crippen molar-refractivity contribution in [2.75, 3.05) is 0 Å². The maximum absolute atomic E-state index is 11.8. The summed E-state index contributed by atoms with van der Waals surface area (Å²) in [5.74, 6) is 5.05. The summed E-state index contributed by atoms with van der Waals surface area (Å²) in [5, 5.41) is 6.20. The van der Waals surface area contributed by atoms with Gasteiger partial charge in [0.15, 0.2) is 6.29 Å². The van der Waals surface area contributed by atoms with Gasteiger partial charge in [-0.2, -0.15) is 5.10 Å². The first-order valence-electron chi connectivity index (χ1n) is 7.94. The Morgan fingerprint density at radius 3 is 2.58 bits per heavy atom. The highest BCUT2D eigenvalue weighted by atomic mass is 16.5. The number of ether oxygens (including phenoxy) is 1. The second-order valence-electron chi connectivity index (χ2n) is 5.66. The summed E-state index contributed by atoms with van der Waals surface area (Å²) in [7, 11) is 0. The van der Waals surface area contributed by atoms with Crippen LogP contribution in [-0.4, -0.2) is 36.4 Å². The number of carbonyl (C=O) groups is 2. The Labute approximate surface area is 141 Å². The van der Waals surface area contributed by atoms with Crippen LogP contribution in [0.5, 0.6) is 0 Å². The zero-order valence-corrected chi connectivity index (χ0v) is 13.4. The van der Waals surface area contributed by atoms with Gasteiger partial charge in [-0.05, 0) is 31.2 Å². The number of amides is 1. The van der Waals surface area contributed by atoms with E-state index >= 15 is 0 Å². The number of nitrogens with two attached hydrogens (primary N) is 1. The predicted octanol–water partition coefficient (Wildman–Crippen LogP) is 1.81. The van der Waals surface area contributed by atoms with E-state index in [1.54, 1.807) is 0 Å². The number of nitrogens with one attached hydrogen (secondary N) is 1. The molecule has 128 valence electrons. The molecular formula is C17H22N4O3. The van der Waals surface area contributed by atoms with Gasteiger partial charge in [0.1, 0.15) is 12.3 Å². The van der Waals surface area contributed by atoms with Crippen molar-refractivity contribution in [3.05, 3.63) is 35.9 Å². The number of alkyl carbamates (subject to hydrolysis) is 1. The van der Waals surface area contributed by atoms with Gasteiger partial charge in [-0.3, -0.25) is 9.79 Å². The lowest BCUT2D eigenvalue weighted by Gasteiger charge is -2.26. The quantitative estimate of drug-likeness (QED) is 0.359. The first kappa shape index (κ1) is 17.7. The number of benzene rings is 1. The SMILES string of the molecule is N/N=C(/C=O)C=NC1CCC(NC(=O)OCc2ccccc2)CC1. The van der Waals surface area contributed by atoms with E-state index in [9.17, 15) is 9.59 Å². The summed E-state index contributed by atoms with van der Waals surface area (Å²) in [6.45, 7) is 0.263. The standard InChI is InChI=1S/C17H22N4O3/c18-21-16(11-22)10-19-14-6-8-15(9-7-14)20-17(23)24-12-13-4-2-1-3-5-13/h1-5,10-11,14-15H,6-9,12,18H2,(H,20,23)/b19-10?,21-16+. The smallest absolute Gasteiger partial charge is 0.407 e. The Bertz CT molecular complexity index is 593. The van der Waals surface area contributed by atoms with Crippen LogP contribution in [0.2, 0.25) is 0 Å². The number of hydrogen-bond donors (Lipinski definition) is 2. The Morgan fingerprint density at radius 2 is 1.96 bits per heavy atom. The van der Waals surface area contributed by atoms with Crippen molar-refractivity contribution in [1.29, 1.82) is 0 Å². The van der Waals surface area contributed by atoms with Crippen LogP contribution in [0.25, 0.3) is 0 Å². The van der Waals surface area contributed by atoms with Crippen molar-refractivity contribution in [3.63, 3.8) is 0 Å². The van der Waals surface area contributed by atoms with Crippen molar-refractivity contribution >= 4 is 24.3 Å². The summed E-state index contributed by atoms with van der Waals surface area (Å²) in [5.41, 5.74) is 1.08. The van der Waals surface area contributed by atoms with Gasteiger partial charge in [0, 0.05) is 6.04 Å². The Kier molecular flexibility index (Phi) is 6.94. The molecule has 0 unspecified atom stereocenters. The molecule has 0 atom stereocenters. The lowest BCUT2D eigenvalue weighted by molar-refractivity contribution is -0.102. The van der Waals surface area contributed by atoms with E-state index in [4.69, 9.17) is 10.6 Å². The highest BCUT2D eigenvalue weighted by molar-refractivity contribution is 6.54. The number of hydrazone groups is 1. The molecule has 1 aliphatic rings. The van der Waals surface area contributed by atoms with Crippen molar-refractivity contribution in [2.45, 2.75) is 44.4 Å². The molecule has 1 fully saturated rings. The van der Waals surface area contributed by atoms with Crippen LogP contribution in [0.4, 0.5) is 4.79 Å². The molecule has 1 saturated carbocycles. The second-order valence-corrected chi connectivity index (χ2v) is 5.66. The van der Waals surface area contributed by atoms with E-state index in [-0.39, 0.29) is 24.4 Å². The fourth-order valence-corrected chi connectivity index (χ4v) is 2.58. The van der Waals surface area contributed by atoms with E-state index < -0.39 is 6.09 Å². The molecule has 0 aromatic heterocycles. The Balaban J connectivity index is 1.69. The third-order valence-corrected chi connectivity index (χ3v) is 3.92. The first-order valence-corrected chi connectivity index (χ1v) is 7.94. The summed E-state index contributed by atoms with van der Waals surface area (Å²) >= 11 is 0. The van der Waals surface area contributed by atoms with Gasteiger partial charge in [0.2, 0.25) is 0 Å². The van der Waals surface area contributed by atoms with Crippen LogP contribution in [0.3, 0.4) is 0 Å². The largest absolute Gasteiger partial charge is 0.445 e. The van der Waals surface area contributed by atoms with Gasteiger partial charge in [-0.1, -0.05) is 30.3 Å². The number of nitrogens with zero attached hydrogens (tertiary/aromatic N) is 2. The lowest BCUT2D eigenvalue weighted by Crippen LogP contribution is -2.38. The summed E-state index contributed by atoms with van der Waals surface area (Å²) in [6, 6.07) is 9.77. The van der Waals surface area contributed by atoms with Gasteiger partial charge in [0.05, 0.1) is 12.3 Å². The molecule has 0 aliphatic heterocycles. The fourth-order valence-electron chi connectivity index (χ4n) is 2.58. The third-order valence-electron chi connectivity index (χ3n) is 3.92. The van der Waals surface area contributed by atoms with Crippen LogP contribution in [-0.2, 0) is 16.1 Å². The molecule has 7 heteroatoms. The number of hydrogen-bond acceptors (Lipinski definition) is 6. The number of rotatable bonds is 6. The predicted molar refractivity (Wildman–Crippen MR) is 92.0 cm³/mol. The summed E-state index contributed by atoms with van der Waals surface area (Å²) in [4.78, 5) is 26.7. The van der Waals surface area contributed by atoms with E-state index in [1.165, 1.54) is 6.21 Å². The third kappa shape index (κ3) is 5.83. The van der Waals surface area contributed by atoms with Gasteiger partial charge >= 0.3 is 6.09 Å². The van der Waals surface area contributed by atoms with Crippen LogP contribution in [0.15, 0.2) is 40.4 Å². The second kappa shape index (κ2) is 9.44. The van der Waals surface area contributed by atoms with Crippen molar-refractivity contribution in [1.82, 2.24) is 5.32 Å². The van der Waals surface area contributed by atoms with E-state index in [0.29, 0.717) is 6.29 Å². The zero-order chi connectivity index (χ0) is 17.2. The molecule has 0 bridgehead atoms. The molecule has 0 saturated heterocycles. The molecule has 0 heterocycles. The normalized spacial score (nSPS) is 21.4. The monoisotopic (exact) mass is 330 g/mol. The Hall–Kier alpha value is -2.70. The van der Waals surface area contributed by atoms with E-state index in [1.807, 2.05) is 30.3 Å². The maximum Gasteiger partial charge on any atom is 0.407 e. The number of carbonyl (C=O) groups excluding carboxylic acids is 2.